The van der Waals surface area contributed by atoms with E-state index < -0.39 is 11.4 Å². The van der Waals surface area contributed by atoms with Crippen molar-refractivity contribution in [2.24, 2.45) is 0 Å². The van der Waals surface area contributed by atoms with Crippen molar-refractivity contribution in [3.63, 3.8) is 0 Å². The first kappa shape index (κ1) is 12.0. The van der Waals surface area contributed by atoms with Crippen LogP contribution in [-0.2, 0) is 11.4 Å². The lowest BCUT2D eigenvalue weighted by atomic mass is 10.1. The predicted molar refractivity (Wildman–Crippen MR) is 78.2 cm³/mol. The Morgan fingerprint density at radius 2 is 1.79 bits per heavy atom. The van der Waals surface area contributed by atoms with Gasteiger partial charge in [0.2, 0.25) is 0 Å². The number of fused-ring (bicyclic) bond motifs is 1. The van der Waals surface area contributed by atoms with E-state index >= 15 is 0 Å². The van der Waals surface area contributed by atoms with Gasteiger partial charge in [-0.15, -0.1) is 0 Å². The Balaban J connectivity index is 1.94. The number of nitrogens with zero attached hydrogens (tertiary/aromatic N) is 1. The summed E-state index contributed by atoms with van der Waals surface area (Å²) in [5.74, 6) is 0. The maximum Gasteiger partial charge on any atom is 0.179 e. The molecule has 0 radical (unpaired) electrons. The van der Waals surface area contributed by atoms with Crippen molar-refractivity contribution in [1.29, 1.82) is 0 Å². The third kappa shape index (κ3) is 2.54. The first-order valence-corrected chi connectivity index (χ1v) is 7.06. The second kappa shape index (κ2) is 5.30. The lowest BCUT2D eigenvalue weighted by molar-refractivity contribution is 0.600. The average Bonchev–Trinajstić information content (AvgIpc) is 2.48. The molecule has 0 saturated carbocycles. The number of aromatic nitrogens is 1. The summed E-state index contributed by atoms with van der Waals surface area (Å²) in [6, 6.07) is 17.1. The van der Waals surface area contributed by atoms with Gasteiger partial charge in [-0.1, -0.05) is 30.3 Å². The highest BCUT2D eigenvalue weighted by Crippen LogP contribution is 2.24. The summed E-state index contributed by atoms with van der Waals surface area (Å²) >= 11 is -1.27. The summed E-state index contributed by atoms with van der Waals surface area (Å²) in [6.07, 6.45) is 3.53. The molecule has 1 unspecified atom stereocenters. The van der Waals surface area contributed by atoms with Crippen molar-refractivity contribution >= 4 is 27.8 Å². The summed E-state index contributed by atoms with van der Waals surface area (Å²) < 4.78 is 15.3. The van der Waals surface area contributed by atoms with Gasteiger partial charge < -0.3 is 4.55 Å². The van der Waals surface area contributed by atoms with Gasteiger partial charge in [-0.05, 0) is 29.7 Å². The van der Waals surface area contributed by atoms with E-state index in [2.05, 4.69) is 9.71 Å². The van der Waals surface area contributed by atoms with Crippen LogP contribution in [0.3, 0.4) is 0 Å². The van der Waals surface area contributed by atoms with Gasteiger partial charge in [0.25, 0.3) is 0 Å². The fourth-order valence-electron chi connectivity index (χ4n) is 1.91. The van der Waals surface area contributed by atoms with Gasteiger partial charge in [0.1, 0.15) is 11.4 Å². The molecule has 94 valence electrons. The van der Waals surface area contributed by atoms with Gasteiger partial charge >= 0.3 is 0 Å². The largest absolute Gasteiger partial charge is 0.588 e. The van der Waals surface area contributed by atoms with Gasteiger partial charge in [0, 0.05) is 17.8 Å². The fraction of sp³-hybridized carbons (Fsp3) is 0. The topological polar surface area (TPSA) is 48.0 Å². The summed E-state index contributed by atoms with van der Waals surface area (Å²) in [5, 5.41) is 2.04. The number of pyridine rings is 1. The van der Waals surface area contributed by atoms with Crippen molar-refractivity contribution in [1.82, 2.24) is 4.98 Å². The molecule has 1 N–H and O–H groups in total. The molecule has 19 heavy (non-hydrogen) atoms. The molecule has 0 aliphatic carbocycles. The van der Waals surface area contributed by atoms with Crippen LogP contribution in [0.15, 0.2) is 71.9 Å². The van der Waals surface area contributed by atoms with Crippen LogP contribution in [0, 0.1) is 0 Å². The smallest absolute Gasteiger partial charge is 0.179 e. The van der Waals surface area contributed by atoms with Crippen LogP contribution >= 0.6 is 0 Å². The van der Waals surface area contributed by atoms with Crippen molar-refractivity contribution in [2.75, 3.05) is 4.72 Å². The van der Waals surface area contributed by atoms with Crippen molar-refractivity contribution in [3.8, 4) is 0 Å². The number of rotatable bonds is 3. The zero-order valence-electron chi connectivity index (χ0n) is 10.1. The first-order valence-electron chi connectivity index (χ1n) is 5.91. The van der Waals surface area contributed by atoms with E-state index in [1.165, 1.54) is 0 Å². The molecule has 0 aliphatic rings. The van der Waals surface area contributed by atoms with Gasteiger partial charge in [0.05, 0.1) is 5.69 Å². The van der Waals surface area contributed by atoms with E-state index in [-0.39, 0.29) is 0 Å². The normalized spacial score (nSPS) is 12.3. The van der Waals surface area contributed by atoms with E-state index in [0.717, 1.165) is 21.4 Å². The van der Waals surface area contributed by atoms with Gasteiger partial charge in [0.15, 0.2) is 4.90 Å². The quantitative estimate of drug-likeness (QED) is 0.741. The standard InChI is InChI=1S/C15H12N2OS/c18-19(13-6-2-1-3-7-13)17-15-8-4-5-12-9-10-16-11-14(12)15/h1-11,17H. The Morgan fingerprint density at radius 1 is 0.947 bits per heavy atom. The number of hydrogen-bond donors (Lipinski definition) is 1. The molecule has 3 aromatic rings. The van der Waals surface area contributed by atoms with Crippen molar-refractivity contribution < 1.29 is 4.55 Å². The zero-order chi connectivity index (χ0) is 13.1. The molecular formula is C15H12N2OS. The molecule has 0 aliphatic heterocycles. The number of hydrogen-bond acceptors (Lipinski definition) is 3. The summed E-state index contributed by atoms with van der Waals surface area (Å²) in [4.78, 5) is 4.87. The Morgan fingerprint density at radius 3 is 2.63 bits per heavy atom. The van der Waals surface area contributed by atoms with Crippen LogP contribution in [0.25, 0.3) is 10.8 Å². The van der Waals surface area contributed by atoms with Crippen molar-refractivity contribution in [3.05, 3.63) is 67.0 Å². The molecule has 0 spiro atoms. The van der Waals surface area contributed by atoms with Crippen LogP contribution < -0.4 is 4.72 Å². The average molecular weight is 268 g/mol. The summed E-state index contributed by atoms with van der Waals surface area (Å²) in [5.41, 5.74) is 0.827. The van der Waals surface area contributed by atoms with E-state index in [9.17, 15) is 4.55 Å². The molecule has 0 amide bonds. The van der Waals surface area contributed by atoms with E-state index in [0.29, 0.717) is 0 Å². The lowest BCUT2D eigenvalue weighted by Gasteiger charge is -2.12. The Bertz CT molecular complexity index is 683. The summed E-state index contributed by atoms with van der Waals surface area (Å²) in [7, 11) is 0. The highest BCUT2D eigenvalue weighted by atomic mass is 32.2. The minimum atomic E-state index is -1.27. The molecule has 1 aromatic heterocycles. The zero-order valence-corrected chi connectivity index (χ0v) is 10.9. The molecule has 0 fully saturated rings. The number of nitrogens with one attached hydrogen (secondary N) is 1. The van der Waals surface area contributed by atoms with Crippen molar-refractivity contribution in [2.45, 2.75) is 4.90 Å². The number of benzene rings is 2. The maximum atomic E-state index is 12.2. The number of anilines is 1. The fourth-order valence-corrected chi connectivity index (χ4v) is 2.81. The second-order valence-electron chi connectivity index (χ2n) is 4.09. The molecule has 0 saturated heterocycles. The van der Waals surface area contributed by atoms with E-state index in [1.54, 1.807) is 12.4 Å². The molecule has 3 nitrogen and oxygen atoms in total. The summed E-state index contributed by atoms with van der Waals surface area (Å²) in [6.45, 7) is 0. The minimum Gasteiger partial charge on any atom is -0.588 e. The third-order valence-corrected chi connectivity index (χ3v) is 3.95. The maximum absolute atomic E-state index is 12.2. The minimum absolute atomic E-state index is 0.753. The van der Waals surface area contributed by atoms with Crippen LogP contribution in [0.5, 0.6) is 0 Å². The Hall–Kier alpha value is -2.04. The van der Waals surface area contributed by atoms with Gasteiger partial charge in [-0.25, -0.2) is 4.72 Å². The van der Waals surface area contributed by atoms with Gasteiger partial charge in [-0.2, -0.15) is 0 Å². The second-order valence-corrected chi connectivity index (χ2v) is 5.30. The van der Waals surface area contributed by atoms with Crippen LogP contribution in [0.1, 0.15) is 0 Å². The Labute approximate surface area is 114 Å². The van der Waals surface area contributed by atoms with E-state index in [4.69, 9.17) is 0 Å². The SMILES string of the molecule is [O-][S+](Nc1cccc2ccncc12)c1ccccc1. The molecule has 2 aromatic carbocycles. The van der Waals surface area contributed by atoms with Crippen LogP contribution in [0.2, 0.25) is 0 Å². The van der Waals surface area contributed by atoms with Gasteiger partial charge in [-0.3, -0.25) is 4.98 Å². The lowest BCUT2D eigenvalue weighted by Crippen LogP contribution is -2.13. The molecular weight excluding hydrogens is 256 g/mol. The van der Waals surface area contributed by atoms with Crippen LogP contribution in [0.4, 0.5) is 5.69 Å². The molecule has 4 heteroatoms. The van der Waals surface area contributed by atoms with Crippen LogP contribution in [-0.4, -0.2) is 9.54 Å². The van der Waals surface area contributed by atoms with E-state index in [1.807, 2.05) is 54.6 Å². The Kier molecular flexibility index (Phi) is 3.35. The molecule has 3 rings (SSSR count). The third-order valence-electron chi connectivity index (χ3n) is 2.84. The monoisotopic (exact) mass is 268 g/mol. The first-order chi connectivity index (χ1) is 9.34. The molecule has 1 atom stereocenters. The highest BCUT2D eigenvalue weighted by molar-refractivity contribution is 7.92. The molecule has 1 heterocycles. The highest BCUT2D eigenvalue weighted by Gasteiger charge is 2.12. The molecule has 0 bridgehead atoms. The predicted octanol–water partition coefficient (Wildman–Crippen LogP) is 3.37.